The Morgan fingerprint density at radius 1 is 0.895 bits per heavy atom. The molecule has 2 aromatic rings. The van der Waals surface area contributed by atoms with Gasteiger partial charge in [0.2, 0.25) is 0 Å². The third-order valence-corrected chi connectivity index (χ3v) is 4.50. The molecule has 0 spiro atoms. The van der Waals surface area contributed by atoms with Crippen LogP contribution >= 0.6 is 11.8 Å². The Morgan fingerprint density at radius 3 is 2.37 bits per heavy atom. The van der Waals surface area contributed by atoms with Crippen LogP contribution in [0.3, 0.4) is 0 Å². The molecule has 3 rings (SSSR count). The Labute approximate surface area is 119 Å². The summed E-state index contributed by atoms with van der Waals surface area (Å²) < 4.78 is 0. The molecular formula is C18H18S. The smallest absolute Gasteiger partial charge is 0.0197 e. The molecule has 0 atom stereocenters. The van der Waals surface area contributed by atoms with Crippen LogP contribution in [0.5, 0.6) is 0 Å². The fraction of sp³-hybridized carbons (Fsp3) is 0.222. The van der Waals surface area contributed by atoms with Crippen LogP contribution in [0.2, 0.25) is 0 Å². The normalized spacial score (nSPS) is 13.5. The summed E-state index contributed by atoms with van der Waals surface area (Å²) in [5.41, 5.74) is 4.21. The van der Waals surface area contributed by atoms with Crippen molar-refractivity contribution in [1.29, 1.82) is 0 Å². The highest BCUT2D eigenvalue weighted by atomic mass is 32.2. The summed E-state index contributed by atoms with van der Waals surface area (Å²) in [6.07, 6.45) is 3.50. The predicted octanol–water partition coefficient (Wildman–Crippen LogP) is 5.74. The molecule has 0 saturated carbocycles. The minimum Gasteiger partial charge on any atom is -0.0888 e. The van der Waals surface area contributed by atoms with Crippen molar-refractivity contribution in [3.63, 3.8) is 0 Å². The molecule has 1 heterocycles. The summed E-state index contributed by atoms with van der Waals surface area (Å²) in [5, 5.41) is 0. The highest BCUT2D eigenvalue weighted by Crippen LogP contribution is 2.41. The SMILES string of the molecule is CC(C)CC1=Cc2ccccc2Sc2ccccc21. The summed E-state index contributed by atoms with van der Waals surface area (Å²) in [7, 11) is 0. The molecule has 0 aliphatic carbocycles. The molecule has 96 valence electrons. The topological polar surface area (TPSA) is 0 Å². The molecule has 0 saturated heterocycles. The minimum atomic E-state index is 0.676. The number of fused-ring (bicyclic) bond motifs is 2. The third kappa shape index (κ3) is 2.62. The molecule has 1 heteroatoms. The van der Waals surface area contributed by atoms with Gasteiger partial charge in [-0.25, -0.2) is 0 Å². The zero-order valence-corrected chi connectivity index (χ0v) is 12.2. The van der Waals surface area contributed by atoms with Gasteiger partial charge in [-0.05, 0) is 47.2 Å². The second kappa shape index (κ2) is 5.26. The molecule has 0 aromatic heterocycles. The van der Waals surface area contributed by atoms with Crippen LogP contribution in [0.4, 0.5) is 0 Å². The molecular weight excluding hydrogens is 248 g/mol. The van der Waals surface area contributed by atoms with Gasteiger partial charge >= 0.3 is 0 Å². The van der Waals surface area contributed by atoms with Crippen LogP contribution in [0.15, 0.2) is 58.3 Å². The van der Waals surface area contributed by atoms with E-state index in [2.05, 4.69) is 68.5 Å². The Morgan fingerprint density at radius 2 is 1.58 bits per heavy atom. The van der Waals surface area contributed by atoms with Gasteiger partial charge in [0, 0.05) is 9.79 Å². The van der Waals surface area contributed by atoms with E-state index >= 15 is 0 Å². The molecule has 1 aliphatic heterocycles. The van der Waals surface area contributed by atoms with Crippen molar-refractivity contribution in [2.45, 2.75) is 30.1 Å². The van der Waals surface area contributed by atoms with E-state index in [0.29, 0.717) is 5.92 Å². The van der Waals surface area contributed by atoms with Gasteiger partial charge in [0.05, 0.1) is 0 Å². The van der Waals surface area contributed by atoms with E-state index in [1.807, 2.05) is 11.8 Å². The Balaban J connectivity index is 2.17. The maximum Gasteiger partial charge on any atom is 0.0197 e. The monoisotopic (exact) mass is 266 g/mol. The molecule has 0 amide bonds. The molecule has 0 nitrogen and oxygen atoms in total. The molecule has 0 N–H and O–H groups in total. The Kier molecular flexibility index (Phi) is 3.48. The molecule has 2 aromatic carbocycles. The van der Waals surface area contributed by atoms with Crippen LogP contribution in [0.1, 0.15) is 31.4 Å². The highest BCUT2D eigenvalue weighted by molar-refractivity contribution is 7.99. The first-order chi connectivity index (χ1) is 9.24. The Hall–Kier alpha value is -1.47. The molecule has 0 radical (unpaired) electrons. The van der Waals surface area contributed by atoms with Crippen LogP contribution < -0.4 is 0 Å². The van der Waals surface area contributed by atoms with Crippen molar-refractivity contribution < 1.29 is 0 Å². The molecule has 0 fully saturated rings. The van der Waals surface area contributed by atoms with Gasteiger partial charge in [-0.2, -0.15) is 0 Å². The van der Waals surface area contributed by atoms with E-state index < -0.39 is 0 Å². The van der Waals surface area contributed by atoms with Gasteiger partial charge < -0.3 is 0 Å². The van der Waals surface area contributed by atoms with Crippen molar-refractivity contribution in [2.75, 3.05) is 0 Å². The number of rotatable bonds is 2. The lowest BCUT2D eigenvalue weighted by atomic mass is 9.94. The van der Waals surface area contributed by atoms with E-state index in [4.69, 9.17) is 0 Å². The minimum absolute atomic E-state index is 0.676. The second-order valence-corrected chi connectivity index (χ2v) is 6.49. The molecule has 0 bridgehead atoms. The van der Waals surface area contributed by atoms with E-state index in [1.54, 1.807) is 0 Å². The zero-order valence-electron chi connectivity index (χ0n) is 11.4. The maximum atomic E-state index is 2.37. The van der Waals surface area contributed by atoms with E-state index in [9.17, 15) is 0 Å². The predicted molar refractivity (Wildman–Crippen MR) is 84.3 cm³/mol. The average molecular weight is 266 g/mol. The zero-order chi connectivity index (χ0) is 13.2. The van der Waals surface area contributed by atoms with Gasteiger partial charge in [0.1, 0.15) is 0 Å². The van der Waals surface area contributed by atoms with Gasteiger partial charge in [-0.1, -0.05) is 62.0 Å². The highest BCUT2D eigenvalue weighted by Gasteiger charge is 2.15. The van der Waals surface area contributed by atoms with Crippen LogP contribution in [-0.2, 0) is 0 Å². The summed E-state index contributed by atoms with van der Waals surface area (Å²) in [5.74, 6) is 0.676. The van der Waals surface area contributed by atoms with E-state index in [-0.39, 0.29) is 0 Å². The maximum absolute atomic E-state index is 2.37. The fourth-order valence-electron chi connectivity index (χ4n) is 2.51. The number of hydrogen-bond acceptors (Lipinski definition) is 1. The van der Waals surface area contributed by atoms with Crippen LogP contribution in [0.25, 0.3) is 11.6 Å². The third-order valence-electron chi connectivity index (χ3n) is 3.33. The van der Waals surface area contributed by atoms with Gasteiger partial charge in [-0.15, -0.1) is 0 Å². The van der Waals surface area contributed by atoms with Gasteiger partial charge in [0.15, 0.2) is 0 Å². The lowest BCUT2D eigenvalue weighted by Crippen LogP contribution is -1.92. The Bertz CT molecular complexity index is 623. The quantitative estimate of drug-likeness (QED) is 0.668. The molecule has 0 unspecified atom stereocenters. The largest absolute Gasteiger partial charge is 0.0888 e. The summed E-state index contributed by atoms with van der Waals surface area (Å²) in [4.78, 5) is 2.73. The first-order valence-corrected chi connectivity index (χ1v) is 7.62. The van der Waals surface area contributed by atoms with E-state index in [1.165, 1.54) is 26.5 Å². The van der Waals surface area contributed by atoms with Gasteiger partial charge in [-0.3, -0.25) is 0 Å². The van der Waals surface area contributed by atoms with Crippen molar-refractivity contribution in [3.05, 3.63) is 59.7 Å². The van der Waals surface area contributed by atoms with Crippen molar-refractivity contribution in [1.82, 2.24) is 0 Å². The van der Waals surface area contributed by atoms with Crippen LogP contribution in [-0.4, -0.2) is 0 Å². The number of hydrogen-bond donors (Lipinski definition) is 0. The first kappa shape index (κ1) is 12.6. The standard InChI is InChI=1S/C18H18S/c1-13(2)11-15-12-14-7-3-5-9-17(14)19-18-10-6-4-8-16(15)18/h3-10,12-13H,11H2,1-2H3. The average Bonchev–Trinajstić information content (AvgIpc) is 2.55. The van der Waals surface area contributed by atoms with Crippen molar-refractivity contribution in [2.24, 2.45) is 5.92 Å². The summed E-state index contributed by atoms with van der Waals surface area (Å²) >= 11 is 1.88. The fourth-order valence-corrected chi connectivity index (χ4v) is 3.59. The number of benzene rings is 2. The summed E-state index contributed by atoms with van der Waals surface area (Å²) in [6, 6.07) is 17.4. The molecule has 19 heavy (non-hydrogen) atoms. The lowest BCUT2D eigenvalue weighted by Gasteiger charge is -2.12. The molecule has 1 aliphatic rings. The van der Waals surface area contributed by atoms with Gasteiger partial charge in [0.25, 0.3) is 0 Å². The summed E-state index contributed by atoms with van der Waals surface area (Å²) in [6.45, 7) is 4.57. The van der Waals surface area contributed by atoms with Crippen molar-refractivity contribution in [3.8, 4) is 0 Å². The number of allylic oxidation sites excluding steroid dienone is 1. The second-order valence-electron chi connectivity index (χ2n) is 5.40. The van der Waals surface area contributed by atoms with Crippen molar-refractivity contribution >= 4 is 23.4 Å². The first-order valence-electron chi connectivity index (χ1n) is 6.81. The van der Waals surface area contributed by atoms with Crippen LogP contribution in [0, 0.1) is 5.92 Å². The lowest BCUT2D eigenvalue weighted by molar-refractivity contribution is 0.674. The van der Waals surface area contributed by atoms with E-state index in [0.717, 1.165) is 6.42 Å².